The van der Waals surface area contributed by atoms with Crippen molar-refractivity contribution < 1.29 is 0 Å². The van der Waals surface area contributed by atoms with Crippen LogP contribution in [-0.2, 0) is 6.54 Å². The van der Waals surface area contributed by atoms with E-state index in [2.05, 4.69) is 61.4 Å². The van der Waals surface area contributed by atoms with Crippen LogP contribution in [0.1, 0.15) is 56.2 Å². The fourth-order valence-corrected chi connectivity index (χ4v) is 4.01. The summed E-state index contributed by atoms with van der Waals surface area (Å²) in [6.45, 7) is 7.76. The molecule has 2 aromatic carbocycles. The number of nitrogens with zero attached hydrogens (tertiary/aromatic N) is 1. The lowest BCUT2D eigenvalue weighted by Crippen LogP contribution is -2.35. The van der Waals surface area contributed by atoms with Crippen molar-refractivity contribution in [3.05, 3.63) is 59.2 Å². The maximum atomic E-state index is 7.07. The fraction of sp³-hybridized carbons (Fsp3) is 0.417. The lowest BCUT2D eigenvalue weighted by atomic mass is 9.75. The van der Waals surface area contributed by atoms with Crippen LogP contribution in [-0.4, -0.2) is 18.2 Å². The van der Waals surface area contributed by atoms with Gasteiger partial charge in [0.2, 0.25) is 0 Å². The molecule has 1 saturated carbocycles. The number of rotatable bonds is 6. The molecule has 4 nitrogen and oxygen atoms in total. The molecule has 4 heteroatoms. The molecule has 0 saturated heterocycles. The van der Waals surface area contributed by atoms with Crippen molar-refractivity contribution in [2.24, 2.45) is 16.1 Å². The lowest BCUT2D eigenvalue weighted by Gasteiger charge is -2.34. The van der Waals surface area contributed by atoms with Crippen LogP contribution in [0.2, 0.25) is 0 Å². The van der Waals surface area contributed by atoms with Crippen molar-refractivity contribution in [1.29, 1.82) is 5.41 Å². The van der Waals surface area contributed by atoms with Crippen LogP contribution in [0.3, 0.4) is 0 Å². The minimum atomic E-state index is 0.373. The zero-order valence-electron chi connectivity index (χ0n) is 17.3. The monoisotopic (exact) mass is 376 g/mol. The Bertz CT molecular complexity index is 857. The summed E-state index contributed by atoms with van der Waals surface area (Å²) in [5, 5.41) is 10.8. The van der Waals surface area contributed by atoms with Crippen molar-refractivity contribution in [2.45, 2.75) is 59.0 Å². The molecule has 0 spiro atoms. The second-order valence-corrected chi connectivity index (χ2v) is 8.69. The molecule has 3 rings (SSSR count). The number of hydrogen-bond acceptors (Lipinski definition) is 2. The normalized spacial score (nSPS) is 17.5. The average Bonchev–Trinajstić information content (AvgIpc) is 2.67. The quantitative estimate of drug-likeness (QED) is 0.488. The van der Waals surface area contributed by atoms with E-state index in [1.54, 1.807) is 0 Å². The Morgan fingerprint density at radius 1 is 1.21 bits per heavy atom. The summed E-state index contributed by atoms with van der Waals surface area (Å²) in [7, 11) is 0. The summed E-state index contributed by atoms with van der Waals surface area (Å²) in [6, 6.07) is 15.5. The molecule has 4 N–H and O–H groups in total. The van der Waals surface area contributed by atoms with E-state index in [1.807, 2.05) is 12.1 Å². The zero-order valence-corrected chi connectivity index (χ0v) is 17.3. The lowest BCUT2D eigenvalue weighted by molar-refractivity contribution is 0.206. The third-order valence-corrected chi connectivity index (χ3v) is 5.90. The minimum absolute atomic E-state index is 0.373. The van der Waals surface area contributed by atoms with E-state index < -0.39 is 0 Å². The highest BCUT2D eigenvalue weighted by Gasteiger charge is 2.26. The molecule has 1 aliphatic carbocycles. The Labute approximate surface area is 168 Å². The second kappa shape index (κ2) is 8.70. The maximum Gasteiger partial charge on any atom is 0.132 e. The van der Waals surface area contributed by atoms with Gasteiger partial charge in [-0.2, -0.15) is 0 Å². The Kier molecular flexibility index (Phi) is 6.30. The van der Waals surface area contributed by atoms with E-state index in [4.69, 9.17) is 11.1 Å². The molecule has 0 atom stereocenters. The molecule has 0 aliphatic heterocycles. The van der Waals surface area contributed by atoms with Gasteiger partial charge in [-0.1, -0.05) is 44.2 Å². The van der Waals surface area contributed by atoms with Crippen LogP contribution in [0.4, 0.5) is 0 Å². The summed E-state index contributed by atoms with van der Waals surface area (Å²) in [6.07, 6.45) is 6.13. The Hall–Kier alpha value is -2.46. The first-order valence-electron chi connectivity index (χ1n) is 10.1. The predicted octanol–water partition coefficient (Wildman–Crippen LogP) is 5.03. The SMILES string of the molecule is Cc1cc(C(N)=NC=N)ccc1-c1cccc(CNC2CCC(C)(C)CC2)c1. The van der Waals surface area contributed by atoms with Gasteiger partial charge in [-0.05, 0) is 72.4 Å². The van der Waals surface area contributed by atoms with Gasteiger partial charge in [0.25, 0.3) is 0 Å². The molecule has 0 radical (unpaired) electrons. The number of benzene rings is 2. The second-order valence-electron chi connectivity index (χ2n) is 8.69. The number of amidine groups is 1. The Morgan fingerprint density at radius 2 is 1.96 bits per heavy atom. The van der Waals surface area contributed by atoms with Gasteiger partial charge >= 0.3 is 0 Å². The van der Waals surface area contributed by atoms with Gasteiger partial charge in [0, 0.05) is 18.2 Å². The highest BCUT2D eigenvalue weighted by atomic mass is 14.9. The van der Waals surface area contributed by atoms with Crippen molar-refractivity contribution in [2.75, 3.05) is 0 Å². The molecule has 0 heterocycles. The topological polar surface area (TPSA) is 74.3 Å². The number of hydrogen-bond donors (Lipinski definition) is 3. The van der Waals surface area contributed by atoms with Gasteiger partial charge in [-0.15, -0.1) is 0 Å². The first kappa shape index (κ1) is 20.3. The van der Waals surface area contributed by atoms with E-state index in [0.29, 0.717) is 17.3 Å². The molecule has 2 aromatic rings. The smallest absolute Gasteiger partial charge is 0.132 e. The van der Waals surface area contributed by atoms with Gasteiger partial charge < -0.3 is 11.1 Å². The summed E-state index contributed by atoms with van der Waals surface area (Å²) in [4.78, 5) is 3.86. The van der Waals surface area contributed by atoms with Crippen molar-refractivity contribution in [1.82, 2.24) is 5.32 Å². The molecule has 0 bridgehead atoms. The van der Waals surface area contributed by atoms with Gasteiger partial charge in [0.15, 0.2) is 0 Å². The van der Waals surface area contributed by atoms with Gasteiger partial charge in [-0.3, -0.25) is 5.41 Å². The predicted molar refractivity (Wildman–Crippen MR) is 119 cm³/mol. The van der Waals surface area contributed by atoms with Gasteiger partial charge in [-0.25, -0.2) is 4.99 Å². The minimum Gasteiger partial charge on any atom is -0.383 e. The largest absolute Gasteiger partial charge is 0.383 e. The van der Waals surface area contributed by atoms with Crippen LogP contribution in [0.25, 0.3) is 11.1 Å². The van der Waals surface area contributed by atoms with Crippen LogP contribution >= 0.6 is 0 Å². The number of aliphatic imine (C=N–C) groups is 1. The first-order valence-corrected chi connectivity index (χ1v) is 10.1. The summed E-state index contributed by atoms with van der Waals surface area (Å²) in [5.41, 5.74) is 12.2. The zero-order chi connectivity index (χ0) is 20.1. The van der Waals surface area contributed by atoms with Crippen molar-refractivity contribution >= 4 is 12.2 Å². The van der Waals surface area contributed by atoms with Crippen LogP contribution in [0, 0.1) is 17.7 Å². The molecule has 0 unspecified atom stereocenters. The molecular formula is C24H32N4. The van der Waals surface area contributed by atoms with Crippen LogP contribution in [0.15, 0.2) is 47.5 Å². The highest BCUT2D eigenvalue weighted by molar-refractivity contribution is 6.01. The van der Waals surface area contributed by atoms with E-state index in [1.165, 1.54) is 42.4 Å². The standard InChI is InChI=1S/C24H32N4/c1-17-13-20(23(26)28-16-25)7-8-22(17)19-6-4-5-18(14-19)15-27-21-9-11-24(2,3)12-10-21/h4-8,13-14,16,21,27H,9-12,15H2,1-3H3,(H3,25,26,28). The Balaban J connectivity index is 1.69. The van der Waals surface area contributed by atoms with E-state index in [0.717, 1.165) is 24.0 Å². The van der Waals surface area contributed by atoms with E-state index in [9.17, 15) is 0 Å². The average molecular weight is 377 g/mol. The van der Waals surface area contributed by atoms with Crippen LogP contribution in [0.5, 0.6) is 0 Å². The van der Waals surface area contributed by atoms with Crippen molar-refractivity contribution in [3.8, 4) is 11.1 Å². The van der Waals surface area contributed by atoms with Gasteiger partial charge in [0.1, 0.15) is 12.2 Å². The fourth-order valence-electron chi connectivity index (χ4n) is 4.01. The molecule has 1 aliphatic rings. The molecule has 1 fully saturated rings. The number of nitrogens with two attached hydrogens (primary N) is 1. The van der Waals surface area contributed by atoms with E-state index >= 15 is 0 Å². The molecule has 0 amide bonds. The first-order chi connectivity index (χ1) is 13.4. The third kappa shape index (κ3) is 5.08. The van der Waals surface area contributed by atoms with Crippen LogP contribution < -0.4 is 11.1 Å². The summed E-state index contributed by atoms with van der Waals surface area (Å²) < 4.78 is 0. The van der Waals surface area contributed by atoms with E-state index in [-0.39, 0.29) is 0 Å². The maximum absolute atomic E-state index is 7.07. The molecular weight excluding hydrogens is 344 g/mol. The molecule has 0 aromatic heterocycles. The molecule has 148 valence electrons. The highest BCUT2D eigenvalue weighted by Crippen LogP contribution is 2.35. The number of aryl methyl sites for hydroxylation is 1. The Morgan fingerprint density at radius 3 is 2.64 bits per heavy atom. The molecule has 28 heavy (non-hydrogen) atoms. The summed E-state index contributed by atoms with van der Waals surface area (Å²) in [5.74, 6) is 0.373. The van der Waals surface area contributed by atoms with Crippen molar-refractivity contribution in [3.63, 3.8) is 0 Å². The summed E-state index contributed by atoms with van der Waals surface area (Å²) >= 11 is 0. The van der Waals surface area contributed by atoms with Gasteiger partial charge in [0.05, 0.1) is 0 Å². The third-order valence-electron chi connectivity index (χ3n) is 5.90. The number of nitrogens with one attached hydrogen (secondary N) is 2.